The minimum absolute atomic E-state index is 0.0460. The van der Waals surface area contributed by atoms with Crippen LogP contribution in [0.2, 0.25) is 0 Å². The molecular weight excluding hydrogens is 252 g/mol. The second-order valence-corrected chi connectivity index (χ2v) is 4.49. The number of carbonyl (C=O) groups excluding carboxylic acids is 1. The molecule has 1 aromatic carbocycles. The van der Waals surface area contributed by atoms with E-state index < -0.39 is 0 Å². The molecule has 0 aliphatic rings. The van der Waals surface area contributed by atoms with Crippen LogP contribution >= 0.6 is 0 Å². The first-order valence-electron chi connectivity index (χ1n) is 6.56. The number of pyridine rings is 1. The maximum Gasteiger partial charge on any atom is 0.220 e. The SMILES string of the molecule is COc1ccc(CNC(=O)CCc2cccnc2)cc1. The number of methoxy groups -OCH3 is 1. The van der Waals surface area contributed by atoms with Gasteiger partial charge in [0.15, 0.2) is 0 Å². The zero-order valence-electron chi connectivity index (χ0n) is 11.5. The third-order valence-corrected chi connectivity index (χ3v) is 3.01. The van der Waals surface area contributed by atoms with Crippen LogP contribution in [0.5, 0.6) is 5.75 Å². The van der Waals surface area contributed by atoms with Crippen molar-refractivity contribution in [1.29, 1.82) is 0 Å². The third kappa shape index (κ3) is 4.39. The normalized spacial score (nSPS) is 10.1. The van der Waals surface area contributed by atoms with Gasteiger partial charge in [0.2, 0.25) is 5.91 Å². The first-order chi connectivity index (χ1) is 9.78. The molecule has 0 spiro atoms. The number of benzene rings is 1. The van der Waals surface area contributed by atoms with E-state index in [1.807, 2.05) is 36.4 Å². The topological polar surface area (TPSA) is 51.2 Å². The Labute approximate surface area is 118 Å². The minimum Gasteiger partial charge on any atom is -0.497 e. The second kappa shape index (κ2) is 7.28. The molecule has 1 heterocycles. The number of rotatable bonds is 6. The summed E-state index contributed by atoms with van der Waals surface area (Å²) < 4.78 is 5.09. The molecule has 2 rings (SSSR count). The minimum atomic E-state index is 0.0460. The van der Waals surface area contributed by atoms with Crippen molar-refractivity contribution >= 4 is 5.91 Å². The highest BCUT2D eigenvalue weighted by Crippen LogP contribution is 2.11. The van der Waals surface area contributed by atoms with Crippen molar-refractivity contribution in [2.45, 2.75) is 19.4 Å². The molecule has 0 saturated heterocycles. The van der Waals surface area contributed by atoms with Crippen molar-refractivity contribution in [2.24, 2.45) is 0 Å². The summed E-state index contributed by atoms with van der Waals surface area (Å²) in [6.07, 6.45) is 4.70. The van der Waals surface area contributed by atoms with E-state index >= 15 is 0 Å². The molecule has 20 heavy (non-hydrogen) atoms. The van der Waals surface area contributed by atoms with Crippen LogP contribution in [-0.2, 0) is 17.8 Å². The number of ether oxygens (including phenoxy) is 1. The van der Waals surface area contributed by atoms with Gasteiger partial charge in [0.05, 0.1) is 7.11 Å². The molecule has 4 heteroatoms. The van der Waals surface area contributed by atoms with Crippen LogP contribution < -0.4 is 10.1 Å². The summed E-state index contributed by atoms with van der Waals surface area (Å²) >= 11 is 0. The van der Waals surface area contributed by atoms with Gasteiger partial charge in [-0.2, -0.15) is 0 Å². The third-order valence-electron chi connectivity index (χ3n) is 3.01. The van der Waals surface area contributed by atoms with Crippen LogP contribution in [-0.4, -0.2) is 18.0 Å². The first-order valence-corrected chi connectivity index (χ1v) is 6.56. The Bertz CT molecular complexity index is 538. The average Bonchev–Trinajstić information content (AvgIpc) is 2.52. The lowest BCUT2D eigenvalue weighted by atomic mass is 10.1. The number of nitrogens with one attached hydrogen (secondary N) is 1. The summed E-state index contributed by atoms with van der Waals surface area (Å²) in [5.74, 6) is 0.862. The maximum atomic E-state index is 11.8. The van der Waals surface area contributed by atoms with Gasteiger partial charge in [-0.05, 0) is 35.7 Å². The van der Waals surface area contributed by atoms with E-state index in [2.05, 4.69) is 10.3 Å². The van der Waals surface area contributed by atoms with Crippen molar-refractivity contribution in [3.63, 3.8) is 0 Å². The molecule has 0 unspecified atom stereocenters. The molecule has 0 aliphatic carbocycles. The van der Waals surface area contributed by atoms with Gasteiger partial charge in [-0.3, -0.25) is 9.78 Å². The molecule has 0 aliphatic heterocycles. The Balaban J connectivity index is 1.74. The summed E-state index contributed by atoms with van der Waals surface area (Å²) in [5.41, 5.74) is 2.13. The van der Waals surface area contributed by atoms with E-state index in [1.165, 1.54) is 0 Å². The van der Waals surface area contributed by atoms with Gasteiger partial charge in [-0.25, -0.2) is 0 Å². The molecule has 0 saturated carbocycles. The number of aromatic nitrogens is 1. The summed E-state index contributed by atoms with van der Waals surface area (Å²) in [6.45, 7) is 0.538. The number of hydrogen-bond donors (Lipinski definition) is 1. The Kier molecular flexibility index (Phi) is 5.12. The van der Waals surface area contributed by atoms with Gasteiger partial charge < -0.3 is 10.1 Å². The number of hydrogen-bond acceptors (Lipinski definition) is 3. The number of nitrogens with zero attached hydrogens (tertiary/aromatic N) is 1. The highest BCUT2D eigenvalue weighted by atomic mass is 16.5. The summed E-state index contributed by atoms with van der Waals surface area (Å²) in [4.78, 5) is 15.8. The van der Waals surface area contributed by atoms with Gasteiger partial charge in [-0.1, -0.05) is 18.2 Å². The highest BCUT2D eigenvalue weighted by Gasteiger charge is 2.02. The highest BCUT2D eigenvalue weighted by molar-refractivity contribution is 5.76. The van der Waals surface area contributed by atoms with Crippen LogP contribution in [0, 0.1) is 0 Å². The van der Waals surface area contributed by atoms with Crippen LogP contribution in [0.4, 0.5) is 0 Å². The van der Waals surface area contributed by atoms with Gasteiger partial charge in [0, 0.05) is 25.4 Å². The molecule has 2 aromatic rings. The van der Waals surface area contributed by atoms with E-state index in [9.17, 15) is 4.79 Å². The summed E-state index contributed by atoms with van der Waals surface area (Å²) in [6, 6.07) is 11.5. The first kappa shape index (κ1) is 14.1. The van der Waals surface area contributed by atoms with Gasteiger partial charge in [-0.15, -0.1) is 0 Å². The standard InChI is InChI=1S/C16H18N2O2/c1-20-15-7-4-14(5-8-15)12-18-16(19)9-6-13-3-2-10-17-11-13/h2-5,7-8,10-11H,6,9,12H2,1H3,(H,18,19). The lowest BCUT2D eigenvalue weighted by Crippen LogP contribution is -2.22. The summed E-state index contributed by atoms with van der Waals surface area (Å²) in [7, 11) is 1.63. The quantitative estimate of drug-likeness (QED) is 0.876. The molecule has 4 nitrogen and oxygen atoms in total. The lowest BCUT2D eigenvalue weighted by Gasteiger charge is -2.06. The fourth-order valence-corrected chi connectivity index (χ4v) is 1.84. The van der Waals surface area contributed by atoms with Crippen molar-refractivity contribution in [3.8, 4) is 5.75 Å². The smallest absolute Gasteiger partial charge is 0.220 e. The Morgan fingerprint density at radius 1 is 1.20 bits per heavy atom. The molecule has 1 N–H and O–H groups in total. The average molecular weight is 270 g/mol. The summed E-state index contributed by atoms with van der Waals surface area (Å²) in [5, 5.41) is 2.91. The number of carbonyl (C=O) groups is 1. The molecule has 1 amide bonds. The van der Waals surface area contributed by atoms with E-state index in [4.69, 9.17) is 4.74 Å². The maximum absolute atomic E-state index is 11.8. The number of amides is 1. The van der Waals surface area contributed by atoms with Crippen molar-refractivity contribution in [1.82, 2.24) is 10.3 Å². The van der Waals surface area contributed by atoms with Gasteiger partial charge in [0.25, 0.3) is 0 Å². The van der Waals surface area contributed by atoms with E-state index in [-0.39, 0.29) is 5.91 Å². The fraction of sp³-hybridized carbons (Fsp3) is 0.250. The van der Waals surface area contributed by atoms with E-state index in [1.54, 1.807) is 19.5 Å². The Morgan fingerprint density at radius 2 is 2.00 bits per heavy atom. The molecule has 0 atom stereocenters. The molecule has 104 valence electrons. The van der Waals surface area contributed by atoms with Crippen LogP contribution in [0.1, 0.15) is 17.5 Å². The fourth-order valence-electron chi connectivity index (χ4n) is 1.84. The van der Waals surface area contributed by atoms with E-state index in [0.717, 1.165) is 16.9 Å². The van der Waals surface area contributed by atoms with Gasteiger partial charge >= 0.3 is 0 Å². The van der Waals surface area contributed by atoms with Crippen LogP contribution in [0.15, 0.2) is 48.8 Å². The van der Waals surface area contributed by atoms with E-state index in [0.29, 0.717) is 19.4 Å². The monoisotopic (exact) mass is 270 g/mol. The lowest BCUT2D eigenvalue weighted by molar-refractivity contribution is -0.121. The molecular formula is C16H18N2O2. The van der Waals surface area contributed by atoms with Gasteiger partial charge in [0.1, 0.15) is 5.75 Å². The zero-order chi connectivity index (χ0) is 14.2. The Hall–Kier alpha value is -2.36. The zero-order valence-corrected chi connectivity index (χ0v) is 11.5. The largest absolute Gasteiger partial charge is 0.497 e. The molecule has 0 bridgehead atoms. The van der Waals surface area contributed by atoms with Crippen molar-refractivity contribution in [2.75, 3.05) is 7.11 Å². The predicted molar refractivity (Wildman–Crippen MR) is 77.4 cm³/mol. The van der Waals surface area contributed by atoms with Crippen LogP contribution in [0.25, 0.3) is 0 Å². The van der Waals surface area contributed by atoms with Crippen molar-refractivity contribution in [3.05, 3.63) is 59.9 Å². The number of aryl methyl sites for hydroxylation is 1. The molecule has 1 aromatic heterocycles. The molecule has 0 fully saturated rings. The predicted octanol–water partition coefficient (Wildman–Crippen LogP) is 2.34. The van der Waals surface area contributed by atoms with Crippen LogP contribution in [0.3, 0.4) is 0 Å². The molecule has 0 radical (unpaired) electrons. The second-order valence-electron chi connectivity index (χ2n) is 4.49. The Morgan fingerprint density at radius 3 is 2.65 bits per heavy atom. The van der Waals surface area contributed by atoms with Crippen molar-refractivity contribution < 1.29 is 9.53 Å².